The van der Waals surface area contributed by atoms with E-state index in [9.17, 15) is 22.4 Å². The van der Waals surface area contributed by atoms with Crippen LogP contribution >= 0.6 is 0 Å². The first kappa shape index (κ1) is 28.3. The highest BCUT2D eigenvalue weighted by atomic mass is 32.2. The van der Waals surface area contributed by atoms with E-state index in [1.807, 2.05) is 33.8 Å². The van der Waals surface area contributed by atoms with Crippen molar-refractivity contribution >= 4 is 27.5 Å². The highest BCUT2D eigenvalue weighted by molar-refractivity contribution is 7.92. The zero-order valence-corrected chi connectivity index (χ0v) is 22.4. The highest BCUT2D eigenvalue weighted by Crippen LogP contribution is 2.25. The fourth-order valence-electron chi connectivity index (χ4n) is 3.76. The molecule has 192 valence electrons. The standard InChI is InChI=1S/C26H36FN3O4S/c1-8-22(25(32)28-26(4,5)6)29(16-20-12-14-21(27)15-13-20)24(31)17-30(35(7,33)34)23-11-9-10-18(2)19(23)3/h9-15,22H,8,16-17H2,1-7H3,(H,28,32). The third-order valence-electron chi connectivity index (χ3n) is 5.67. The summed E-state index contributed by atoms with van der Waals surface area (Å²) in [5.41, 5.74) is 2.15. The van der Waals surface area contributed by atoms with Gasteiger partial charge in [-0.05, 0) is 75.9 Å². The zero-order chi connectivity index (χ0) is 26.6. The smallest absolute Gasteiger partial charge is 0.244 e. The van der Waals surface area contributed by atoms with E-state index in [-0.39, 0.29) is 12.5 Å². The molecule has 0 bridgehead atoms. The van der Waals surface area contributed by atoms with Crippen molar-refractivity contribution in [2.75, 3.05) is 17.1 Å². The molecule has 0 aliphatic heterocycles. The van der Waals surface area contributed by atoms with Crippen molar-refractivity contribution in [3.8, 4) is 0 Å². The summed E-state index contributed by atoms with van der Waals surface area (Å²) < 4.78 is 40.0. The van der Waals surface area contributed by atoms with Crippen LogP contribution in [-0.2, 0) is 26.2 Å². The number of carbonyl (C=O) groups is 2. The molecular weight excluding hydrogens is 469 g/mol. The molecule has 1 atom stereocenters. The molecule has 0 radical (unpaired) electrons. The van der Waals surface area contributed by atoms with Crippen LogP contribution in [0.3, 0.4) is 0 Å². The van der Waals surface area contributed by atoms with Crippen molar-refractivity contribution in [2.45, 2.75) is 66.1 Å². The van der Waals surface area contributed by atoms with Gasteiger partial charge in [-0.2, -0.15) is 0 Å². The lowest BCUT2D eigenvalue weighted by Crippen LogP contribution is -2.55. The Hall–Kier alpha value is -2.94. The minimum absolute atomic E-state index is 0.0274. The minimum atomic E-state index is -3.81. The van der Waals surface area contributed by atoms with Gasteiger partial charge in [-0.25, -0.2) is 12.8 Å². The Kier molecular flexibility index (Phi) is 9.06. The number of aryl methyl sites for hydroxylation is 1. The summed E-state index contributed by atoms with van der Waals surface area (Å²) in [6.07, 6.45) is 1.37. The van der Waals surface area contributed by atoms with Crippen molar-refractivity contribution < 1.29 is 22.4 Å². The van der Waals surface area contributed by atoms with Crippen molar-refractivity contribution in [2.24, 2.45) is 0 Å². The molecule has 0 saturated carbocycles. The second-order valence-electron chi connectivity index (χ2n) is 9.80. The molecule has 0 aliphatic rings. The van der Waals surface area contributed by atoms with Crippen molar-refractivity contribution in [1.29, 1.82) is 0 Å². The van der Waals surface area contributed by atoms with E-state index < -0.39 is 39.9 Å². The lowest BCUT2D eigenvalue weighted by Gasteiger charge is -2.34. The van der Waals surface area contributed by atoms with E-state index in [0.29, 0.717) is 17.7 Å². The number of rotatable bonds is 9. The number of anilines is 1. The van der Waals surface area contributed by atoms with Crippen molar-refractivity contribution in [3.63, 3.8) is 0 Å². The number of carbonyl (C=O) groups excluding carboxylic acids is 2. The van der Waals surface area contributed by atoms with Gasteiger partial charge in [0.15, 0.2) is 0 Å². The van der Waals surface area contributed by atoms with E-state index >= 15 is 0 Å². The molecule has 1 unspecified atom stereocenters. The molecule has 0 aromatic heterocycles. The Morgan fingerprint density at radius 3 is 2.17 bits per heavy atom. The molecule has 2 amide bonds. The Balaban J connectivity index is 2.49. The first-order valence-corrected chi connectivity index (χ1v) is 13.4. The van der Waals surface area contributed by atoms with E-state index in [4.69, 9.17) is 0 Å². The van der Waals surface area contributed by atoms with Crippen molar-refractivity contribution in [1.82, 2.24) is 10.2 Å². The summed E-state index contributed by atoms with van der Waals surface area (Å²) in [7, 11) is -3.81. The van der Waals surface area contributed by atoms with Crippen LogP contribution in [-0.4, -0.2) is 49.5 Å². The van der Waals surface area contributed by atoms with Gasteiger partial charge in [-0.3, -0.25) is 13.9 Å². The lowest BCUT2D eigenvalue weighted by atomic mass is 10.1. The first-order valence-electron chi connectivity index (χ1n) is 11.5. The quantitative estimate of drug-likeness (QED) is 0.560. The van der Waals surface area contributed by atoms with E-state index in [0.717, 1.165) is 21.7 Å². The maximum absolute atomic E-state index is 13.7. The normalized spacial score (nSPS) is 12.7. The van der Waals surface area contributed by atoms with Gasteiger partial charge in [-0.15, -0.1) is 0 Å². The van der Waals surface area contributed by atoms with Crippen LogP contribution < -0.4 is 9.62 Å². The lowest BCUT2D eigenvalue weighted by molar-refractivity contribution is -0.141. The molecule has 0 heterocycles. The summed E-state index contributed by atoms with van der Waals surface area (Å²) in [6, 6.07) is 10.1. The minimum Gasteiger partial charge on any atom is -0.350 e. The van der Waals surface area contributed by atoms with Crippen LogP contribution in [0.2, 0.25) is 0 Å². The number of nitrogens with zero attached hydrogens (tertiary/aromatic N) is 2. The molecule has 2 rings (SSSR count). The topological polar surface area (TPSA) is 86.8 Å². The SMILES string of the molecule is CCC(C(=O)NC(C)(C)C)N(Cc1ccc(F)cc1)C(=O)CN(c1cccc(C)c1C)S(C)(=O)=O. The molecule has 0 aliphatic carbocycles. The first-order chi connectivity index (χ1) is 16.1. The van der Waals surface area contributed by atoms with Gasteiger partial charge in [0.05, 0.1) is 11.9 Å². The molecule has 0 fully saturated rings. The fraction of sp³-hybridized carbons (Fsp3) is 0.462. The van der Waals surface area contributed by atoms with Crippen LogP contribution in [0.25, 0.3) is 0 Å². The molecule has 0 saturated heterocycles. The monoisotopic (exact) mass is 505 g/mol. The second kappa shape index (κ2) is 11.2. The van der Waals surface area contributed by atoms with Gasteiger partial charge < -0.3 is 10.2 Å². The molecule has 2 aromatic carbocycles. The molecule has 0 spiro atoms. The largest absolute Gasteiger partial charge is 0.350 e. The number of nitrogens with one attached hydrogen (secondary N) is 1. The number of hydrogen-bond acceptors (Lipinski definition) is 4. The molecule has 2 aromatic rings. The second-order valence-corrected chi connectivity index (χ2v) is 11.7. The molecule has 35 heavy (non-hydrogen) atoms. The molecule has 1 N–H and O–H groups in total. The summed E-state index contributed by atoms with van der Waals surface area (Å²) in [6.45, 7) is 10.5. The molecule has 9 heteroatoms. The summed E-state index contributed by atoms with van der Waals surface area (Å²) in [5, 5.41) is 2.91. The van der Waals surface area contributed by atoms with Crippen LogP contribution in [0.1, 0.15) is 50.8 Å². The summed E-state index contributed by atoms with van der Waals surface area (Å²) >= 11 is 0. The Morgan fingerprint density at radius 1 is 1.06 bits per heavy atom. The van der Waals surface area contributed by atoms with Crippen LogP contribution in [0.4, 0.5) is 10.1 Å². The summed E-state index contributed by atoms with van der Waals surface area (Å²) in [4.78, 5) is 28.2. The maximum atomic E-state index is 13.7. The number of benzene rings is 2. The average Bonchev–Trinajstić information content (AvgIpc) is 2.73. The van der Waals surface area contributed by atoms with Gasteiger partial charge >= 0.3 is 0 Å². The predicted octanol–water partition coefficient (Wildman–Crippen LogP) is 3.93. The predicted molar refractivity (Wildman–Crippen MR) is 137 cm³/mol. The Labute approximate surface area is 208 Å². The maximum Gasteiger partial charge on any atom is 0.244 e. The molecular formula is C26H36FN3O4S. The van der Waals surface area contributed by atoms with Crippen molar-refractivity contribution in [3.05, 3.63) is 65.0 Å². The molecule has 7 nitrogen and oxygen atoms in total. The van der Waals surface area contributed by atoms with Gasteiger partial charge in [0.1, 0.15) is 18.4 Å². The van der Waals surface area contributed by atoms with Crippen LogP contribution in [0, 0.1) is 19.7 Å². The van der Waals surface area contributed by atoms with Gasteiger partial charge in [0, 0.05) is 12.1 Å². The highest BCUT2D eigenvalue weighted by Gasteiger charge is 2.33. The third kappa shape index (κ3) is 7.78. The van der Waals surface area contributed by atoms with E-state index in [2.05, 4.69) is 5.32 Å². The van der Waals surface area contributed by atoms with Crippen LogP contribution in [0.15, 0.2) is 42.5 Å². The van der Waals surface area contributed by atoms with Gasteiger partial charge in [0.25, 0.3) is 0 Å². The Bertz CT molecular complexity index is 1160. The van der Waals surface area contributed by atoms with Gasteiger partial charge in [-0.1, -0.05) is 31.2 Å². The third-order valence-corrected chi connectivity index (χ3v) is 6.80. The van der Waals surface area contributed by atoms with E-state index in [1.54, 1.807) is 38.1 Å². The Morgan fingerprint density at radius 2 is 1.66 bits per heavy atom. The number of hydrogen-bond donors (Lipinski definition) is 1. The van der Waals surface area contributed by atoms with Crippen LogP contribution in [0.5, 0.6) is 0 Å². The number of halogens is 1. The average molecular weight is 506 g/mol. The number of sulfonamides is 1. The zero-order valence-electron chi connectivity index (χ0n) is 21.6. The summed E-state index contributed by atoms with van der Waals surface area (Å²) in [5.74, 6) is -1.29. The van der Waals surface area contributed by atoms with E-state index in [1.165, 1.54) is 17.0 Å². The van der Waals surface area contributed by atoms with Gasteiger partial charge in [0.2, 0.25) is 21.8 Å². The fourth-order valence-corrected chi connectivity index (χ4v) is 4.66. The number of amides is 2.